The maximum absolute atomic E-state index is 8.49. The molecule has 0 heterocycles. The second kappa shape index (κ2) is 3.68. The average Bonchev–Trinajstić information content (AvgIpc) is 2.02. The lowest BCUT2D eigenvalue weighted by Gasteiger charge is -1.94. The van der Waals surface area contributed by atoms with Crippen molar-refractivity contribution in [2.45, 2.75) is 0 Å². The van der Waals surface area contributed by atoms with E-state index in [-0.39, 0.29) is 25.8 Å². The number of benzene rings is 1. The Morgan fingerprint density at radius 3 is 1.75 bits per heavy atom. The lowest BCUT2D eigenvalue weighted by atomic mass is 10.3. The highest BCUT2D eigenvalue weighted by molar-refractivity contribution is 6.50. The highest BCUT2D eigenvalue weighted by Gasteiger charge is 2.23. The zero-order valence-corrected chi connectivity index (χ0v) is 8.51. The van der Waals surface area contributed by atoms with E-state index in [2.05, 4.69) is 4.98 Å². The van der Waals surface area contributed by atoms with Crippen LogP contribution in [0.25, 0.3) is 4.98 Å². The van der Waals surface area contributed by atoms with Crippen LogP contribution in [0.4, 0.5) is 5.69 Å². The van der Waals surface area contributed by atoms with Gasteiger partial charge in [-0.2, -0.15) is 0 Å². The number of hydrogen-bond acceptors (Lipinski definition) is 1. The molecule has 0 spiro atoms. The van der Waals surface area contributed by atoms with E-state index in [9.17, 15) is 0 Å². The van der Waals surface area contributed by atoms with Crippen molar-refractivity contribution in [1.29, 1.82) is 5.39 Å². The summed E-state index contributed by atoms with van der Waals surface area (Å²) in [6.07, 6.45) is 0. The van der Waals surface area contributed by atoms with Crippen LogP contribution in [0, 0.1) is 5.39 Å². The molecular weight excluding hydrogens is 242 g/mol. The Kier molecular flexibility index (Phi) is 3.03. The second-order valence-electron chi connectivity index (χ2n) is 1.92. The summed E-state index contributed by atoms with van der Waals surface area (Å²) in [5.41, 5.74) is -0.0177. The van der Waals surface area contributed by atoms with E-state index in [1.54, 1.807) is 0 Å². The Labute approximate surface area is 88.6 Å². The van der Waals surface area contributed by atoms with Crippen LogP contribution in [-0.4, -0.2) is 0 Å². The minimum Gasteiger partial charge on any atom is -0.0823 e. The van der Waals surface area contributed by atoms with Crippen LogP contribution < -0.4 is 0 Å². The van der Waals surface area contributed by atoms with Crippen LogP contribution in [0.2, 0.25) is 20.1 Å². The van der Waals surface area contributed by atoms with Crippen molar-refractivity contribution in [3.05, 3.63) is 31.1 Å². The number of diazo groups is 1. The first-order valence-corrected chi connectivity index (χ1v) is 4.27. The third kappa shape index (κ3) is 1.60. The second-order valence-corrected chi connectivity index (χ2v) is 3.49. The summed E-state index contributed by atoms with van der Waals surface area (Å²) in [6, 6.07) is 1.38. The van der Waals surface area contributed by atoms with Gasteiger partial charge < -0.3 is 0 Å². The zero-order chi connectivity index (χ0) is 9.30. The van der Waals surface area contributed by atoms with Gasteiger partial charge in [-0.1, -0.05) is 46.4 Å². The maximum Gasteiger partial charge on any atom is 0.424 e. The van der Waals surface area contributed by atoms with Crippen molar-refractivity contribution in [3.63, 3.8) is 0 Å². The molecule has 0 atom stereocenters. The molecule has 0 saturated carbocycles. The molecule has 12 heavy (non-hydrogen) atoms. The van der Waals surface area contributed by atoms with Gasteiger partial charge in [0, 0.05) is 0 Å². The van der Waals surface area contributed by atoms with Gasteiger partial charge in [0.25, 0.3) is 0 Å². The van der Waals surface area contributed by atoms with Gasteiger partial charge in [0.2, 0.25) is 5.39 Å². The molecule has 1 aromatic rings. The molecule has 0 aromatic heterocycles. The minimum absolute atomic E-state index is 0.0177. The normalized spacial score (nSPS) is 9.58. The Hall–Kier alpha value is -0.200. The van der Waals surface area contributed by atoms with Gasteiger partial charge in [-0.3, -0.25) is 0 Å². The molecule has 2 nitrogen and oxygen atoms in total. The van der Waals surface area contributed by atoms with E-state index < -0.39 is 0 Å². The summed E-state index contributed by atoms with van der Waals surface area (Å²) in [5.74, 6) is 0. The summed E-state index contributed by atoms with van der Waals surface area (Å²) in [7, 11) is 0. The van der Waals surface area contributed by atoms with Crippen LogP contribution >= 0.6 is 46.4 Å². The van der Waals surface area contributed by atoms with Crippen molar-refractivity contribution in [2.24, 2.45) is 0 Å². The molecule has 0 N–H and O–H groups in total. The van der Waals surface area contributed by atoms with Gasteiger partial charge in [-0.15, -0.1) is 0 Å². The summed E-state index contributed by atoms with van der Waals surface area (Å²) in [5, 5.41) is 9.03. The summed E-state index contributed by atoms with van der Waals surface area (Å²) < 4.78 is 0. The Morgan fingerprint density at radius 1 is 1.00 bits per heavy atom. The first-order chi connectivity index (χ1) is 5.57. The number of nitrogens with zero attached hydrogens (tertiary/aromatic N) is 2. The molecule has 0 unspecified atom stereocenters. The third-order valence-electron chi connectivity index (χ3n) is 1.19. The monoisotopic (exact) mass is 241 g/mol. The third-order valence-corrected chi connectivity index (χ3v) is 2.74. The number of halogens is 4. The quantitative estimate of drug-likeness (QED) is 0.475. The van der Waals surface area contributed by atoms with Crippen LogP contribution in [0.3, 0.4) is 0 Å². The molecule has 0 aliphatic carbocycles. The van der Waals surface area contributed by atoms with Crippen molar-refractivity contribution in [3.8, 4) is 0 Å². The zero-order valence-electron chi connectivity index (χ0n) is 5.48. The van der Waals surface area contributed by atoms with Gasteiger partial charge in [-0.25, -0.2) is 0 Å². The largest absolute Gasteiger partial charge is 0.424 e. The van der Waals surface area contributed by atoms with Gasteiger partial charge in [0.15, 0.2) is 15.0 Å². The lowest BCUT2D eigenvalue weighted by molar-refractivity contribution is 1.46. The van der Waals surface area contributed by atoms with Crippen molar-refractivity contribution in [2.75, 3.05) is 0 Å². The Morgan fingerprint density at radius 2 is 1.42 bits per heavy atom. The van der Waals surface area contributed by atoms with E-state index in [0.717, 1.165) is 0 Å². The molecule has 1 rings (SSSR count). The lowest BCUT2D eigenvalue weighted by Crippen LogP contribution is -1.74. The van der Waals surface area contributed by atoms with Crippen LogP contribution in [0.5, 0.6) is 0 Å². The fourth-order valence-electron chi connectivity index (χ4n) is 0.648. The van der Waals surface area contributed by atoms with Gasteiger partial charge >= 0.3 is 5.69 Å². The molecule has 0 saturated heterocycles. The standard InChI is InChI=1S/C6HCl4N2/c7-2-1-3(8)5(10)6(12-11)4(2)9/h1H/q+1. The molecule has 62 valence electrons. The predicted molar refractivity (Wildman–Crippen MR) is 51.2 cm³/mol. The van der Waals surface area contributed by atoms with Gasteiger partial charge in [-0.05, 0) is 6.07 Å². The molecule has 0 radical (unpaired) electrons. The Bertz CT molecular complexity index is 343. The maximum atomic E-state index is 8.49. The molecule has 0 fully saturated rings. The number of rotatable bonds is 0. The van der Waals surface area contributed by atoms with Crippen LogP contribution in [-0.2, 0) is 0 Å². The number of hydrogen-bond donors (Lipinski definition) is 0. The van der Waals surface area contributed by atoms with Crippen molar-refractivity contribution >= 4 is 52.1 Å². The smallest absolute Gasteiger partial charge is 0.0823 e. The highest BCUT2D eigenvalue weighted by atomic mass is 35.5. The van der Waals surface area contributed by atoms with Gasteiger partial charge in [0.05, 0.1) is 10.0 Å². The van der Waals surface area contributed by atoms with E-state index in [0.29, 0.717) is 0 Å². The molecular formula is C6HCl4N2+. The van der Waals surface area contributed by atoms with E-state index in [1.807, 2.05) is 0 Å². The molecule has 6 heteroatoms. The minimum atomic E-state index is -0.0177. The molecule has 0 amide bonds. The van der Waals surface area contributed by atoms with Crippen molar-refractivity contribution in [1.82, 2.24) is 0 Å². The molecule has 1 aromatic carbocycles. The fraction of sp³-hybridized carbons (Fsp3) is 0. The van der Waals surface area contributed by atoms with Crippen molar-refractivity contribution < 1.29 is 0 Å². The summed E-state index contributed by atoms with van der Waals surface area (Å²) >= 11 is 22.5. The van der Waals surface area contributed by atoms with Gasteiger partial charge in [0.1, 0.15) is 0 Å². The SMILES string of the molecule is N#[N+]c1c(Cl)c(Cl)cc(Cl)c1Cl. The average molecular weight is 243 g/mol. The first-order valence-electron chi connectivity index (χ1n) is 2.76. The highest BCUT2D eigenvalue weighted by Crippen LogP contribution is 2.42. The van der Waals surface area contributed by atoms with E-state index in [4.69, 9.17) is 51.8 Å². The topological polar surface area (TPSA) is 28.1 Å². The summed E-state index contributed by atoms with van der Waals surface area (Å²) in [4.78, 5) is 2.86. The predicted octanol–water partition coefficient (Wildman–Crippen LogP) is 4.78. The molecule has 0 aliphatic heterocycles. The fourth-order valence-corrected chi connectivity index (χ4v) is 1.52. The Balaban J connectivity index is 3.56. The van der Waals surface area contributed by atoms with E-state index >= 15 is 0 Å². The van der Waals surface area contributed by atoms with Crippen LogP contribution in [0.1, 0.15) is 0 Å². The molecule has 0 bridgehead atoms. The van der Waals surface area contributed by atoms with E-state index in [1.165, 1.54) is 6.07 Å². The summed E-state index contributed by atoms with van der Waals surface area (Å²) in [6.45, 7) is 0. The first kappa shape index (κ1) is 9.88. The van der Waals surface area contributed by atoms with Crippen LogP contribution in [0.15, 0.2) is 6.07 Å². The molecule has 0 aliphatic rings.